The third-order valence-corrected chi connectivity index (χ3v) is 5.42. The van der Waals surface area contributed by atoms with E-state index in [2.05, 4.69) is 43.3 Å². The maximum atomic E-state index is 13.0. The summed E-state index contributed by atoms with van der Waals surface area (Å²) in [5, 5.41) is 8.33. The molecule has 1 aromatic carbocycles. The SMILES string of the molecule is Cc1ccc(-c2cc(C(=O)NCCC3CCCO3)c3cnn(C(C)C)c3n2)cc1. The van der Waals surface area contributed by atoms with Gasteiger partial charge >= 0.3 is 0 Å². The van der Waals surface area contributed by atoms with Crippen molar-refractivity contribution < 1.29 is 9.53 Å². The summed E-state index contributed by atoms with van der Waals surface area (Å²) in [5.41, 5.74) is 4.31. The lowest BCUT2D eigenvalue weighted by atomic mass is 10.0. The van der Waals surface area contributed by atoms with E-state index < -0.39 is 0 Å². The lowest BCUT2D eigenvalue weighted by Gasteiger charge is -2.12. The summed E-state index contributed by atoms with van der Waals surface area (Å²) in [7, 11) is 0. The maximum Gasteiger partial charge on any atom is 0.252 e. The van der Waals surface area contributed by atoms with Crippen molar-refractivity contribution in [1.82, 2.24) is 20.1 Å². The molecule has 0 saturated carbocycles. The number of aryl methyl sites for hydroxylation is 1. The Morgan fingerprint density at radius 3 is 2.79 bits per heavy atom. The van der Waals surface area contributed by atoms with Gasteiger partial charge in [-0.3, -0.25) is 4.79 Å². The highest BCUT2D eigenvalue weighted by Gasteiger charge is 2.20. The molecule has 1 amide bonds. The van der Waals surface area contributed by atoms with Crippen LogP contribution in [0.5, 0.6) is 0 Å². The van der Waals surface area contributed by atoms with Crippen LogP contribution in [0, 0.1) is 6.92 Å². The van der Waals surface area contributed by atoms with Crippen molar-refractivity contribution in [2.75, 3.05) is 13.2 Å². The van der Waals surface area contributed by atoms with Gasteiger partial charge in [-0.2, -0.15) is 5.10 Å². The molecule has 1 aliphatic rings. The van der Waals surface area contributed by atoms with Crippen molar-refractivity contribution in [3.8, 4) is 11.3 Å². The van der Waals surface area contributed by atoms with E-state index in [1.54, 1.807) is 6.20 Å². The van der Waals surface area contributed by atoms with Gasteiger partial charge in [-0.25, -0.2) is 9.67 Å². The number of nitrogens with zero attached hydrogens (tertiary/aromatic N) is 3. The van der Waals surface area contributed by atoms with Crippen molar-refractivity contribution in [3.63, 3.8) is 0 Å². The molecular weight excluding hydrogens is 364 g/mol. The number of benzene rings is 1. The molecule has 29 heavy (non-hydrogen) atoms. The summed E-state index contributed by atoms with van der Waals surface area (Å²) < 4.78 is 7.52. The van der Waals surface area contributed by atoms with Gasteiger partial charge in [-0.1, -0.05) is 29.8 Å². The quantitative estimate of drug-likeness (QED) is 0.680. The Bertz CT molecular complexity index is 1000. The highest BCUT2D eigenvalue weighted by Crippen LogP contribution is 2.26. The highest BCUT2D eigenvalue weighted by molar-refractivity contribution is 6.06. The van der Waals surface area contributed by atoms with Gasteiger partial charge < -0.3 is 10.1 Å². The monoisotopic (exact) mass is 392 g/mol. The van der Waals surface area contributed by atoms with Gasteiger partial charge in [0.25, 0.3) is 5.91 Å². The van der Waals surface area contributed by atoms with Crippen molar-refractivity contribution in [2.24, 2.45) is 0 Å². The number of pyridine rings is 1. The van der Waals surface area contributed by atoms with Crippen molar-refractivity contribution in [3.05, 3.63) is 47.7 Å². The molecule has 0 bridgehead atoms. The van der Waals surface area contributed by atoms with E-state index in [0.29, 0.717) is 12.1 Å². The van der Waals surface area contributed by atoms with Gasteiger partial charge in [0.05, 0.1) is 28.9 Å². The van der Waals surface area contributed by atoms with Crippen LogP contribution in [-0.4, -0.2) is 39.9 Å². The smallest absolute Gasteiger partial charge is 0.252 e. The fourth-order valence-electron chi connectivity index (χ4n) is 3.77. The van der Waals surface area contributed by atoms with Crippen LogP contribution in [0.1, 0.15) is 55.1 Å². The number of carbonyl (C=O) groups excluding carboxylic acids is 1. The molecule has 1 fully saturated rings. The van der Waals surface area contributed by atoms with Gasteiger partial charge in [-0.15, -0.1) is 0 Å². The second-order valence-corrected chi connectivity index (χ2v) is 8.02. The van der Waals surface area contributed by atoms with E-state index in [1.165, 1.54) is 5.56 Å². The Morgan fingerprint density at radius 2 is 2.10 bits per heavy atom. The van der Waals surface area contributed by atoms with Gasteiger partial charge in [0.1, 0.15) is 0 Å². The van der Waals surface area contributed by atoms with Crippen LogP contribution in [0.4, 0.5) is 0 Å². The number of nitrogens with one attached hydrogen (secondary N) is 1. The average molecular weight is 393 g/mol. The molecule has 2 aromatic heterocycles. The zero-order valence-corrected chi connectivity index (χ0v) is 17.3. The first-order chi connectivity index (χ1) is 14.0. The van der Waals surface area contributed by atoms with Crippen molar-refractivity contribution >= 4 is 16.9 Å². The molecule has 6 heteroatoms. The predicted octanol–water partition coefficient (Wildman–Crippen LogP) is 4.29. The van der Waals surface area contributed by atoms with Crippen molar-refractivity contribution in [1.29, 1.82) is 0 Å². The highest BCUT2D eigenvalue weighted by atomic mass is 16.5. The molecule has 4 rings (SSSR count). The minimum absolute atomic E-state index is 0.0907. The predicted molar refractivity (Wildman–Crippen MR) is 114 cm³/mol. The Labute approximate surface area is 171 Å². The fourth-order valence-corrected chi connectivity index (χ4v) is 3.77. The minimum atomic E-state index is -0.0907. The lowest BCUT2D eigenvalue weighted by Crippen LogP contribution is -2.27. The molecule has 3 aromatic rings. The number of hydrogen-bond donors (Lipinski definition) is 1. The second-order valence-electron chi connectivity index (χ2n) is 8.02. The first kappa shape index (κ1) is 19.6. The first-order valence-corrected chi connectivity index (χ1v) is 10.4. The van der Waals surface area contributed by atoms with Crippen LogP contribution in [-0.2, 0) is 4.74 Å². The number of amides is 1. The molecule has 0 radical (unpaired) electrons. The van der Waals surface area contributed by atoms with Crippen LogP contribution < -0.4 is 5.32 Å². The number of hydrogen-bond acceptors (Lipinski definition) is 4. The molecular formula is C23H28N4O2. The van der Waals surface area contributed by atoms with Crippen LogP contribution in [0.15, 0.2) is 36.5 Å². The van der Waals surface area contributed by atoms with E-state index in [4.69, 9.17) is 9.72 Å². The van der Waals surface area contributed by atoms with Crippen LogP contribution >= 0.6 is 0 Å². The van der Waals surface area contributed by atoms with Gasteiger partial charge in [0, 0.05) is 24.8 Å². The Hall–Kier alpha value is -2.73. The summed E-state index contributed by atoms with van der Waals surface area (Å²) in [5.74, 6) is -0.0907. The standard InChI is InChI=1S/C23H28N4O2/c1-15(2)27-22-20(14-25-27)19(23(28)24-11-10-18-5-4-12-29-18)13-21(26-22)17-8-6-16(3)7-9-17/h6-9,13-15,18H,4-5,10-12H2,1-3H3,(H,24,28). The molecule has 6 nitrogen and oxygen atoms in total. The second kappa shape index (κ2) is 8.33. The van der Waals surface area contributed by atoms with E-state index >= 15 is 0 Å². The summed E-state index contributed by atoms with van der Waals surface area (Å²) in [4.78, 5) is 17.9. The molecule has 1 saturated heterocycles. The maximum absolute atomic E-state index is 13.0. The van der Waals surface area contributed by atoms with Crippen molar-refractivity contribution in [2.45, 2.75) is 52.2 Å². The largest absolute Gasteiger partial charge is 0.378 e. The first-order valence-electron chi connectivity index (χ1n) is 10.4. The number of ether oxygens (including phenoxy) is 1. The van der Waals surface area contributed by atoms with E-state index in [9.17, 15) is 4.79 Å². The molecule has 1 N–H and O–H groups in total. The molecule has 1 unspecified atom stereocenters. The zero-order chi connectivity index (χ0) is 20.4. The topological polar surface area (TPSA) is 69.0 Å². The molecule has 3 heterocycles. The fraction of sp³-hybridized carbons (Fsp3) is 0.435. The number of fused-ring (bicyclic) bond motifs is 1. The van der Waals surface area contributed by atoms with Gasteiger partial charge in [0.2, 0.25) is 0 Å². The molecule has 152 valence electrons. The van der Waals surface area contributed by atoms with Gasteiger partial charge in [-0.05, 0) is 46.1 Å². The molecule has 0 spiro atoms. The lowest BCUT2D eigenvalue weighted by molar-refractivity contribution is 0.0908. The Balaban J connectivity index is 1.67. The third-order valence-electron chi connectivity index (χ3n) is 5.42. The van der Waals surface area contributed by atoms with Crippen LogP contribution in [0.25, 0.3) is 22.3 Å². The summed E-state index contributed by atoms with van der Waals surface area (Å²) >= 11 is 0. The average Bonchev–Trinajstić information content (AvgIpc) is 3.37. The number of aromatic nitrogens is 3. The number of carbonyl (C=O) groups is 1. The number of rotatable bonds is 6. The molecule has 1 atom stereocenters. The minimum Gasteiger partial charge on any atom is -0.378 e. The molecule has 1 aliphatic heterocycles. The normalized spacial score (nSPS) is 16.6. The summed E-state index contributed by atoms with van der Waals surface area (Å²) in [6, 6.07) is 10.2. The summed E-state index contributed by atoms with van der Waals surface area (Å²) in [6.45, 7) is 7.62. The third kappa shape index (κ3) is 4.17. The van der Waals surface area contributed by atoms with E-state index in [-0.39, 0.29) is 18.1 Å². The Kier molecular flexibility index (Phi) is 5.62. The zero-order valence-electron chi connectivity index (χ0n) is 17.3. The van der Waals surface area contributed by atoms with Crippen LogP contribution in [0.2, 0.25) is 0 Å². The van der Waals surface area contributed by atoms with E-state index in [0.717, 1.165) is 48.2 Å². The molecule has 0 aliphatic carbocycles. The van der Waals surface area contributed by atoms with E-state index in [1.807, 2.05) is 22.9 Å². The van der Waals surface area contributed by atoms with Gasteiger partial charge in [0.15, 0.2) is 5.65 Å². The Morgan fingerprint density at radius 1 is 1.31 bits per heavy atom. The van der Waals surface area contributed by atoms with Crippen LogP contribution in [0.3, 0.4) is 0 Å². The summed E-state index contributed by atoms with van der Waals surface area (Å²) in [6.07, 6.45) is 5.04.